The van der Waals surface area contributed by atoms with Crippen molar-refractivity contribution in [3.63, 3.8) is 0 Å². The summed E-state index contributed by atoms with van der Waals surface area (Å²) in [6, 6.07) is 0. The summed E-state index contributed by atoms with van der Waals surface area (Å²) in [5.74, 6) is 0. The molecule has 0 spiro atoms. The van der Waals surface area contributed by atoms with Gasteiger partial charge in [0.15, 0.2) is 0 Å². The molecular formula is C3H8FN. The molecule has 0 saturated heterocycles. The van der Waals surface area contributed by atoms with Crippen molar-refractivity contribution in [2.24, 2.45) is 5.73 Å². The Labute approximate surface area is 31.0 Å². The van der Waals surface area contributed by atoms with Crippen molar-refractivity contribution in [3.8, 4) is 0 Å². The van der Waals surface area contributed by atoms with E-state index < -0.39 is 6.30 Å². The monoisotopic (exact) mass is 77.1 g/mol. The molecule has 0 heterocycles. The fourth-order valence-electron chi connectivity index (χ4n) is 0. The molecule has 0 bridgehead atoms. The molecule has 0 saturated carbocycles. The first kappa shape index (κ1) is 4.89. The zero-order valence-corrected chi connectivity index (χ0v) is 3.24. The number of rotatable bonds is 1. The van der Waals surface area contributed by atoms with Crippen LogP contribution in [-0.2, 0) is 0 Å². The lowest BCUT2D eigenvalue weighted by Crippen LogP contribution is -2.09. The third-order valence-electron chi connectivity index (χ3n) is 0.390. The minimum absolute atomic E-state index is 0.417. The van der Waals surface area contributed by atoms with Crippen LogP contribution >= 0.6 is 0 Å². The quantitative estimate of drug-likeness (QED) is 0.457. The minimum Gasteiger partial charge on any atom is -0.302 e. The van der Waals surface area contributed by atoms with Gasteiger partial charge in [-0.05, 0) is 6.42 Å². The van der Waals surface area contributed by atoms with Crippen LogP contribution in [0.4, 0.5) is 4.39 Å². The van der Waals surface area contributed by atoms with E-state index in [1.54, 1.807) is 6.92 Å². The standard InChI is InChI=1S/C3H8FN/c1-2-3(4)5/h3H,2,5H2,1H3. The van der Waals surface area contributed by atoms with Crippen molar-refractivity contribution < 1.29 is 4.39 Å². The van der Waals surface area contributed by atoms with Gasteiger partial charge in [-0.3, -0.25) is 0 Å². The first-order chi connectivity index (χ1) is 2.27. The Morgan fingerprint density at radius 3 is 2.20 bits per heavy atom. The topological polar surface area (TPSA) is 26.0 Å². The molecule has 5 heavy (non-hydrogen) atoms. The van der Waals surface area contributed by atoms with Gasteiger partial charge in [-0.2, -0.15) is 0 Å². The number of nitrogens with two attached hydrogens (primary N) is 1. The number of hydrogen-bond acceptors (Lipinski definition) is 1. The number of hydrogen-bond donors (Lipinski definition) is 1. The Hall–Kier alpha value is -0.110. The molecule has 0 aliphatic carbocycles. The Morgan fingerprint density at radius 2 is 2.20 bits per heavy atom. The highest BCUT2D eigenvalue weighted by Gasteiger charge is 1.85. The van der Waals surface area contributed by atoms with Gasteiger partial charge < -0.3 is 5.73 Å². The van der Waals surface area contributed by atoms with E-state index in [2.05, 4.69) is 5.73 Å². The van der Waals surface area contributed by atoms with Gasteiger partial charge in [0.25, 0.3) is 0 Å². The van der Waals surface area contributed by atoms with E-state index in [0.29, 0.717) is 6.42 Å². The van der Waals surface area contributed by atoms with Crippen LogP contribution < -0.4 is 5.73 Å². The summed E-state index contributed by atoms with van der Waals surface area (Å²) >= 11 is 0. The van der Waals surface area contributed by atoms with Gasteiger partial charge in [-0.1, -0.05) is 6.92 Å². The van der Waals surface area contributed by atoms with E-state index in [1.165, 1.54) is 0 Å². The number of alkyl halides is 1. The Morgan fingerprint density at radius 1 is 2.00 bits per heavy atom. The summed E-state index contributed by atoms with van der Waals surface area (Å²) < 4.78 is 11.2. The maximum Gasteiger partial charge on any atom is 0.148 e. The molecule has 0 aromatic heterocycles. The van der Waals surface area contributed by atoms with Gasteiger partial charge in [0.2, 0.25) is 0 Å². The van der Waals surface area contributed by atoms with Gasteiger partial charge in [-0.15, -0.1) is 0 Å². The van der Waals surface area contributed by atoms with E-state index in [4.69, 9.17) is 0 Å². The van der Waals surface area contributed by atoms with Gasteiger partial charge >= 0.3 is 0 Å². The van der Waals surface area contributed by atoms with Crippen LogP contribution in [0.3, 0.4) is 0 Å². The highest BCUT2D eigenvalue weighted by Crippen LogP contribution is 1.81. The molecule has 1 nitrogen and oxygen atoms in total. The van der Waals surface area contributed by atoms with E-state index >= 15 is 0 Å². The summed E-state index contributed by atoms with van der Waals surface area (Å²) in [6.45, 7) is 1.70. The first-order valence-electron chi connectivity index (χ1n) is 1.67. The maximum absolute atomic E-state index is 11.2. The summed E-state index contributed by atoms with van der Waals surface area (Å²) in [4.78, 5) is 0. The lowest BCUT2D eigenvalue weighted by molar-refractivity contribution is 0.335. The van der Waals surface area contributed by atoms with Crippen molar-refractivity contribution in [1.82, 2.24) is 0 Å². The molecule has 2 N–H and O–H groups in total. The van der Waals surface area contributed by atoms with E-state index in [9.17, 15) is 4.39 Å². The molecule has 1 unspecified atom stereocenters. The van der Waals surface area contributed by atoms with Crippen molar-refractivity contribution >= 4 is 0 Å². The molecule has 0 aliphatic rings. The van der Waals surface area contributed by atoms with Crippen LogP contribution in [0, 0.1) is 0 Å². The molecule has 32 valence electrons. The zero-order valence-electron chi connectivity index (χ0n) is 3.24. The normalized spacial score (nSPS) is 15.0. The Bertz CT molecular complexity index is 20.9. The lowest BCUT2D eigenvalue weighted by Gasteiger charge is -1.87. The van der Waals surface area contributed by atoms with Gasteiger partial charge in [0.1, 0.15) is 6.30 Å². The fraction of sp³-hybridized carbons (Fsp3) is 1.00. The molecule has 0 aromatic carbocycles. The zero-order chi connectivity index (χ0) is 4.28. The van der Waals surface area contributed by atoms with Crippen LogP contribution in [0.15, 0.2) is 0 Å². The van der Waals surface area contributed by atoms with Crippen LogP contribution in [0.25, 0.3) is 0 Å². The van der Waals surface area contributed by atoms with Crippen molar-refractivity contribution in [2.45, 2.75) is 19.6 Å². The van der Waals surface area contributed by atoms with Gasteiger partial charge in [0.05, 0.1) is 0 Å². The average molecular weight is 77.1 g/mol. The summed E-state index contributed by atoms with van der Waals surface area (Å²) in [7, 11) is 0. The number of halogens is 1. The van der Waals surface area contributed by atoms with Crippen LogP contribution in [0.1, 0.15) is 13.3 Å². The van der Waals surface area contributed by atoms with E-state index in [-0.39, 0.29) is 0 Å². The fourth-order valence-corrected chi connectivity index (χ4v) is 0. The van der Waals surface area contributed by atoms with Crippen molar-refractivity contribution in [2.75, 3.05) is 0 Å². The highest BCUT2D eigenvalue weighted by atomic mass is 19.1. The average Bonchev–Trinajstić information content (AvgIpc) is 1.38. The summed E-state index contributed by atoms with van der Waals surface area (Å²) in [6.07, 6.45) is -0.699. The Kier molecular flexibility index (Phi) is 2.10. The molecule has 0 rings (SSSR count). The largest absolute Gasteiger partial charge is 0.302 e. The van der Waals surface area contributed by atoms with Crippen LogP contribution in [0.5, 0.6) is 0 Å². The molecule has 1 atom stereocenters. The van der Waals surface area contributed by atoms with Crippen molar-refractivity contribution in [3.05, 3.63) is 0 Å². The second-order valence-corrected chi connectivity index (χ2v) is 0.924. The Balaban J connectivity index is 2.54. The summed E-state index contributed by atoms with van der Waals surface area (Å²) in [5, 5.41) is 0. The molecule has 0 amide bonds. The van der Waals surface area contributed by atoms with Crippen LogP contribution in [-0.4, -0.2) is 6.30 Å². The third-order valence-corrected chi connectivity index (χ3v) is 0.390. The molecule has 0 fully saturated rings. The maximum atomic E-state index is 11.2. The smallest absolute Gasteiger partial charge is 0.148 e. The van der Waals surface area contributed by atoms with Crippen molar-refractivity contribution in [1.29, 1.82) is 0 Å². The van der Waals surface area contributed by atoms with E-state index in [1.807, 2.05) is 0 Å². The first-order valence-corrected chi connectivity index (χ1v) is 1.67. The second-order valence-electron chi connectivity index (χ2n) is 0.924. The predicted molar refractivity (Wildman–Crippen MR) is 19.4 cm³/mol. The molecule has 0 aromatic rings. The predicted octanol–water partition coefficient (Wildman–Crippen LogP) is 0.651. The SMILES string of the molecule is CCC(N)F. The highest BCUT2D eigenvalue weighted by molar-refractivity contribution is 4.32. The lowest BCUT2D eigenvalue weighted by atomic mass is 10.5. The molecular weight excluding hydrogens is 69.0 g/mol. The second kappa shape index (κ2) is 2.15. The van der Waals surface area contributed by atoms with Gasteiger partial charge in [-0.25, -0.2) is 4.39 Å². The van der Waals surface area contributed by atoms with Crippen LogP contribution in [0.2, 0.25) is 0 Å². The van der Waals surface area contributed by atoms with Gasteiger partial charge in [0, 0.05) is 0 Å². The van der Waals surface area contributed by atoms with E-state index in [0.717, 1.165) is 0 Å². The molecule has 2 heteroatoms. The summed E-state index contributed by atoms with van der Waals surface area (Å²) in [5.41, 5.74) is 4.62. The third kappa shape index (κ3) is 3.89. The molecule has 0 radical (unpaired) electrons. The minimum atomic E-state index is -1.12. The molecule has 0 aliphatic heterocycles.